The summed E-state index contributed by atoms with van der Waals surface area (Å²) in [5.41, 5.74) is 2.26. The molecule has 1 saturated heterocycles. The van der Waals surface area contributed by atoms with Gasteiger partial charge in [0.25, 0.3) is 0 Å². The van der Waals surface area contributed by atoms with E-state index < -0.39 is 0 Å². The number of ketones is 1. The number of fused-ring (bicyclic) bond motifs is 5. The molecule has 0 aromatic heterocycles. The Balaban J connectivity index is 1.37. The van der Waals surface area contributed by atoms with Crippen LogP contribution in [0.25, 0.3) is 0 Å². The number of hydrogen-bond donors (Lipinski definition) is 0. The van der Waals surface area contributed by atoms with E-state index in [1.807, 2.05) is 11.0 Å². The minimum Gasteiger partial charge on any atom is -0.343 e. The monoisotopic (exact) mass is 397 g/mol. The van der Waals surface area contributed by atoms with E-state index in [1.165, 1.54) is 11.1 Å². The number of hydrogen-bond acceptors (Lipinski definition) is 2. The van der Waals surface area contributed by atoms with Crippen molar-refractivity contribution in [2.75, 3.05) is 13.1 Å². The molecular weight excluding hydrogens is 365 g/mol. The fraction of sp³-hybridized carbons (Fsp3) is 0.680. The van der Waals surface area contributed by atoms with Crippen molar-refractivity contribution in [2.24, 2.45) is 23.2 Å². The van der Waals surface area contributed by atoms with Crippen molar-refractivity contribution in [1.82, 2.24) is 4.90 Å². The molecule has 156 valence electrons. The van der Waals surface area contributed by atoms with Crippen LogP contribution in [0.3, 0.4) is 0 Å². The van der Waals surface area contributed by atoms with Crippen molar-refractivity contribution >= 4 is 11.7 Å². The Hall–Kier alpha value is -1.71. The quantitative estimate of drug-likeness (QED) is 0.729. The zero-order chi connectivity index (χ0) is 20.2. The maximum atomic E-state index is 13.7. The van der Waals surface area contributed by atoms with Crippen LogP contribution in [0, 0.1) is 29.0 Å². The molecule has 1 aliphatic heterocycles. The third-order valence-corrected chi connectivity index (χ3v) is 8.72. The highest BCUT2D eigenvalue weighted by Crippen LogP contribution is 2.62. The topological polar surface area (TPSA) is 37.4 Å². The van der Waals surface area contributed by atoms with Crippen LogP contribution in [0.5, 0.6) is 0 Å². The predicted molar refractivity (Wildman–Crippen MR) is 110 cm³/mol. The molecule has 29 heavy (non-hydrogen) atoms. The Kier molecular flexibility index (Phi) is 4.79. The molecule has 5 atom stereocenters. The molecule has 5 rings (SSSR count). The molecule has 0 spiro atoms. The molecule has 3 aliphatic carbocycles. The molecule has 0 N–H and O–H groups in total. The van der Waals surface area contributed by atoms with Crippen LogP contribution in [0.15, 0.2) is 18.2 Å². The standard InChI is InChI=1S/C25H32FNO2/c1-25-11-10-20-19-8-6-18(26)14-16(19)4-7-21(20)24(25)17(15-22(25)28)5-9-23(29)27-12-2-3-13-27/h6,8,14,17,20-21,24H,2-5,7,9-13,15H2,1H3/t17-,20?,21?,24?,25-/m1/s1. The van der Waals surface area contributed by atoms with Gasteiger partial charge in [-0.05, 0) is 91.9 Å². The Morgan fingerprint density at radius 2 is 2.03 bits per heavy atom. The minimum atomic E-state index is -0.222. The van der Waals surface area contributed by atoms with Gasteiger partial charge >= 0.3 is 0 Å². The second-order valence-corrected chi connectivity index (χ2v) is 10.1. The molecule has 0 bridgehead atoms. The normalized spacial score (nSPS) is 35.9. The predicted octanol–water partition coefficient (Wildman–Crippen LogP) is 4.88. The van der Waals surface area contributed by atoms with Gasteiger partial charge in [0.05, 0.1) is 0 Å². The molecule has 0 radical (unpaired) electrons. The fourth-order valence-electron chi connectivity index (χ4n) is 7.31. The number of aryl methyl sites for hydroxylation is 1. The highest BCUT2D eigenvalue weighted by Gasteiger charge is 2.58. The Morgan fingerprint density at radius 3 is 2.83 bits per heavy atom. The summed E-state index contributed by atoms with van der Waals surface area (Å²) in [4.78, 5) is 27.7. The average molecular weight is 398 g/mol. The van der Waals surface area contributed by atoms with E-state index in [2.05, 4.69) is 6.92 Å². The lowest BCUT2D eigenvalue weighted by molar-refractivity contribution is -0.130. The third kappa shape index (κ3) is 3.14. The maximum Gasteiger partial charge on any atom is 0.222 e. The van der Waals surface area contributed by atoms with E-state index in [-0.39, 0.29) is 17.1 Å². The van der Waals surface area contributed by atoms with E-state index in [0.29, 0.717) is 42.3 Å². The number of halogens is 1. The highest BCUT2D eigenvalue weighted by molar-refractivity contribution is 5.88. The first kappa shape index (κ1) is 19.3. The first-order valence-electron chi connectivity index (χ1n) is 11.6. The third-order valence-electron chi connectivity index (χ3n) is 8.72. The van der Waals surface area contributed by atoms with Crippen LogP contribution in [0.1, 0.15) is 75.3 Å². The number of carbonyl (C=O) groups is 2. The molecule has 3 unspecified atom stereocenters. The van der Waals surface area contributed by atoms with Crippen LogP contribution in [0.2, 0.25) is 0 Å². The van der Waals surface area contributed by atoms with E-state index >= 15 is 0 Å². The Morgan fingerprint density at radius 1 is 1.24 bits per heavy atom. The van der Waals surface area contributed by atoms with Gasteiger partial charge < -0.3 is 4.90 Å². The van der Waals surface area contributed by atoms with Crippen molar-refractivity contribution < 1.29 is 14.0 Å². The number of carbonyl (C=O) groups excluding carboxylic acids is 2. The van der Waals surface area contributed by atoms with Crippen molar-refractivity contribution in [3.05, 3.63) is 35.1 Å². The van der Waals surface area contributed by atoms with Crippen LogP contribution < -0.4 is 0 Å². The molecular formula is C25H32FNO2. The summed E-state index contributed by atoms with van der Waals surface area (Å²) in [5.74, 6) is 2.19. The van der Waals surface area contributed by atoms with Crippen molar-refractivity contribution in [3.63, 3.8) is 0 Å². The van der Waals surface area contributed by atoms with Gasteiger partial charge in [0.15, 0.2) is 0 Å². The zero-order valence-corrected chi connectivity index (χ0v) is 17.5. The summed E-state index contributed by atoms with van der Waals surface area (Å²) in [7, 11) is 0. The summed E-state index contributed by atoms with van der Waals surface area (Å²) >= 11 is 0. The van der Waals surface area contributed by atoms with Crippen molar-refractivity contribution in [2.45, 2.75) is 70.6 Å². The number of amides is 1. The molecule has 4 heteroatoms. The second-order valence-electron chi connectivity index (χ2n) is 10.1. The Labute approximate surface area is 173 Å². The SMILES string of the molecule is C[C@]12CCC3c4ccc(F)cc4CCC3C1[C@H](CCC(=O)N1CCCC1)CC2=O. The van der Waals surface area contributed by atoms with Crippen molar-refractivity contribution in [1.29, 1.82) is 0 Å². The molecule has 4 aliphatic rings. The summed E-state index contributed by atoms with van der Waals surface area (Å²) in [6, 6.07) is 5.30. The van der Waals surface area contributed by atoms with E-state index in [4.69, 9.17) is 0 Å². The van der Waals surface area contributed by atoms with Gasteiger partial charge in [-0.2, -0.15) is 0 Å². The summed E-state index contributed by atoms with van der Waals surface area (Å²) < 4.78 is 13.7. The van der Waals surface area contributed by atoms with Gasteiger partial charge in [-0.1, -0.05) is 13.0 Å². The van der Waals surface area contributed by atoms with Crippen LogP contribution in [-0.4, -0.2) is 29.7 Å². The number of Topliss-reactive ketones (excluding diaryl/α,β-unsaturated/α-hetero) is 1. The van der Waals surface area contributed by atoms with E-state index in [0.717, 1.165) is 58.0 Å². The smallest absolute Gasteiger partial charge is 0.222 e. The average Bonchev–Trinajstić information content (AvgIpc) is 3.33. The van der Waals surface area contributed by atoms with Crippen LogP contribution in [0.4, 0.5) is 4.39 Å². The van der Waals surface area contributed by atoms with Gasteiger partial charge in [-0.15, -0.1) is 0 Å². The summed E-state index contributed by atoms with van der Waals surface area (Å²) in [6.45, 7) is 4.00. The van der Waals surface area contributed by atoms with Gasteiger partial charge in [0, 0.05) is 31.3 Å². The number of benzene rings is 1. The lowest BCUT2D eigenvalue weighted by atomic mass is 9.54. The van der Waals surface area contributed by atoms with E-state index in [9.17, 15) is 14.0 Å². The van der Waals surface area contributed by atoms with E-state index in [1.54, 1.807) is 12.1 Å². The largest absolute Gasteiger partial charge is 0.343 e. The summed E-state index contributed by atoms with van der Waals surface area (Å²) in [5, 5.41) is 0. The minimum absolute atomic E-state index is 0.141. The lowest BCUT2D eigenvalue weighted by Crippen LogP contribution is -2.44. The first-order chi connectivity index (χ1) is 14.0. The van der Waals surface area contributed by atoms with Crippen LogP contribution >= 0.6 is 0 Å². The highest BCUT2D eigenvalue weighted by atomic mass is 19.1. The summed E-state index contributed by atoms with van der Waals surface area (Å²) in [6.07, 6.45) is 8.25. The molecule has 3 nitrogen and oxygen atoms in total. The number of nitrogens with zero attached hydrogens (tertiary/aromatic N) is 1. The number of likely N-dealkylation sites (tertiary alicyclic amines) is 1. The number of rotatable bonds is 3. The molecule has 3 fully saturated rings. The maximum absolute atomic E-state index is 13.7. The molecule has 2 saturated carbocycles. The van der Waals surface area contributed by atoms with Gasteiger partial charge in [0.1, 0.15) is 11.6 Å². The molecule has 1 aromatic carbocycles. The zero-order valence-electron chi connectivity index (χ0n) is 17.5. The fourth-order valence-corrected chi connectivity index (χ4v) is 7.31. The molecule has 1 heterocycles. The van der Waals surface area contributed by atoms with Crippen LogP contribution in [-0.2, 0) is 16.0 Å². The molecule has 1 aromatic rings. The van der Waals surface area contributed by atoms with Gasteiger partial charge in [0.2, 0.25) is 5.91 Å². The first-order valence-corrected chi connectivity index (χ1v) is 11.6. The Bertz CT molecular complexity index is 830. The van der Waals surface area contributed by atoms with Crippen molar-refractivity contribution in [3.8, 4) is 0 Å². The molecule has 1 amide bonds. The van der Waals surface area contributed by atoms with Gasteiger partial charge in [-0.25, -0.2) is 4.39 Å². The lowest BCUT2D eigenvalue weighted by Gasteiger charge is -2.50. The second kappa shape index (κ2) is 7.21. The van der Waals surface area contributed by atoms with Gasteiger partial charge in [-0.3, -0.25) is 9.59 Å².